The molecule has 0 aromatic carbocycles. The van der Waals surface area contributed by atoms with E-state index < -0.39 is 17.3 Å². The predicted octanol–water partition coefficient (Wildman–Crippen LogP) is 0.686. The zero-order chi connectivity index (χ0) is 16.9. The average Bonchev–Trinajstić information content (AvgIpc) is 2.97. The summed E-state index contributed by atoms with van der Waals surface area (Å²) in [5, 5.41) is 4.91. The van der Waals surface area contributed by atoms with Gasteiger partial charge >= 0.3 is 12.2 Å². The van der Waals surface area contributed by atoms with Crippen LogP contribution in [0.3, 0.4) is 0 Å². The smallest absolute Gasteiger partial charge is 0.432 e. The van der Waals surface area contributed by atoms with Crippen molar-refractivity contribution in [2.24, 2.45) is 0 Å². The molecule has 2 rings (SSSR count). The van der Waals surface area contributed by atoms with Crippen molar-refractivity contribution in [3.8, 4) is 0 Å². The van der Waals surface area contributed by atoms with Crippen LogP contribution in [0.5, 0.6) is 0 Å². The van der Waals surface area contributed by atoms with Gasteiger partial charge in [-0.1, -0.05) is 0 Å². The summed E-state index contributed by atoms with van der Waals surface area (Å²) in [6.45, 7) is 6.48. The highest BCUT2D eigenvalue weighted by atomic mass is 32.2. The first-order chi connectivity index (χ1) is 11.1. The minimum atomic E-state index is -0.900. The fraction of sp³-hybridized carbons (Fsp3) is 0.846. The molecule has 0 aromatic rings. The first kappa shape index (κ1) is 18.1. The highest BCUT2D eigenvalue weighted by Gasteiger charge is 2.55. The SMILES string of the molecule is CCOC(=O)N1CNC(SC)(N2CCOCC2)N1C(=O)OCC. The molecule has 2 aliphatic rings. The van der Waals surface area contributed by atoms with E-state index in [0.29, 0.717) is 26.3 Å². The van der Waals surface area contributed by atoms with Crippen molar-refractivity contribution in [3.05, 3.63) is 0 Å². The number of carbonyl (C=O) groups excluding carboxylic acids is 2. The van der Waals surface area contributed by atoms with Gasteiger partial charge in [0.25, 0.3) is 0 Å². The summed E-state index contributed by atoms with van der Waals surface area (Å²) < 4.78 is 15.6. The van der Waals surface area contributed by atoms with E-state index >= 15 is 0 Å². The van der Waals surface area contributed by atoms with Crippen LogP contribution in [0, 0.1) is 0 Å². The molecule has 2 aliphatic heterocycles. The first-order valence-corrected chi connectivity index (χ1v) is 8.87. The van der Waals surface area contributed by atoms with Gasteiger partial charge in [0.2, 0.25) is 5.12 Å². The number of nitrogens with zero attached hydrogens (tertiary/aromatic N) is 3. The number of hydrazine groups is 1. The normalized spacial score (nSPS) is 25.5. The Balaban J connectivity index is 2.31. The van der Waals surface area contributed by atoms with Crippen LogP contribution in [0.2, 0.25) is 0 Å². The molecule has 0 aromatic heterocycles. The van der Waals surface area contributed by atoms with Crippen LogP contribution in [-0.2, 0) is 14.2 Å². The summed E-state index contributed by atoms with van der Waals surface area (Å²) in [6, 6.07) is 0. The predicted molar refractivity (Wildman–Crippen MR) is 84.4 cm³/mol. The zero-order valence-electron chi connectivity index (χ0n) is 13.7. The minimum Gasteiger partial charge on any atom is -0.448 e. The van der Waals surface area contributed by atoms with Gasteiger partial charge in [-0.05, 0) is 20.1 Å². The Hall–Kier alpha value is -1.23. The van der Waals surface area contributed by atoms with E-state index in [-0.39, 0.29) is 19.9 Å². The lowest BCUT2D eigenvalue weighted by Gasteiger charge is -2.45. The van der Waals surface area contributed by atoms with Crippen molar-refractivity contribution in [2.75, 3.05) is 52.4 Å². The van der Waals surface area contributed by atoms with Crippen LogP contribution >= 0.6 is 11.8 Å². The molecule has 0 radical (unpaired) electrons. The summed E-state index contributed by atoms with van der Waals surface area (Å²) in [6.07, 6.45) is 0.701. The molecule has 2 heterocycles. The number of nitrogens with one attached hydrogen (secondary N) is 1. The van der Waals surface area contributed by atoms with Gasteiger partial charge in [0, 0.05) is 13.1 Å². The number of thioether (sulfide) groups is 1. The van der Waals surface area contributed by atoms with Gasteiger partial charge in [-0.25, -0.2) is 9.59 Å². The standard InChI is InChI=1S/C13H24N4O5S/c1-4-21-11(18)16-10-14-13(23-3,15-6-8-20-9-7-15)17(16)12(19)22-5-2/h14H,4-10H2,1-3H3. The Morgan fingerprint density at radius 2 is 1.78 bits per heavy atom. The Labute approximate surface area is 140 Å². The van der Waals surface area contributed by atoms with Crippen molar-refractivity contribution in [3.63, 3.8) is 0 Å². The number of rotatable bonds is 4. The molecule has 0 spiro atoms. The maximum Gasteiger partial charge on any atom is 0.432 e. The molecule has 0 saturated carbocycles. The third kappa shape index (κ3) is 3.49. The topological polar surface area (TPSA) is 83.6 Å². The lowest BCUT2D eigenvalue weighted by atomic mass is 10.4. The van der Waals surface area contributed by atoms with Gasteiger partial charge in [-0.2, -0.15) is 10.0 Å². The summed E-state index contributed by atoms with van der Waals surface area (Å²) >= 11 is 1.42. The van der Waals surface area contributed by atoms with Crippen LogP contribution in [0.4, 0.5) is 9.59 Å². The van der Waals surface area contributed by atoms with Crippen LogP contribution in [0.1, 0.15) is 13.8 Å². The fourth-order valence-electron chi connectivity index (χ4n) is 2.64. The third-order valence-corrected chi connectivity index (χ3v) is 4.78. The van der Waals surface area contributed by atoms with Crippen molar-refractivity contribution < 1.29 is 23.8 Å². The maximum atomic E-state index is 12.5. The third-order valence-electron chi connectivity index (χ3n) is 3.63. The van der Waals surface area contributed by atoms with E-state index in [1.165, 1.54) is 21.8 Å². The van der Waals surface area contributed by atoms with Crippen LogP contribution in [-0.4, -0.2) is 84.7 Å². The molecular formula is C13H24N4O5S. The Morgan fingerprint density at radius 1 is 1.17 bits per heavy atom. The Kier molecular flexibility index (Phi) is 6.33. The molecule has 2 fully saturated rings. The van der Waals surface area contributed by atoms with E-state index in [0.717, 1.165) is 0 Å². The fourth-order valence-corrected chi connectivity index (χ4v) is 3.63. The minimum absolute atomic E-state index is 0.163. The van der Waals surface area contributed by atoms with Crippen LogP contribution < -0.4 is 5.32 Å². The quantitative estimate of drug-likeness (QED) is 0.794. The molecule has 10 heteroatoms. The molecule has 2 saturated heterocycles. The molecule has 1 N–H and O–H groups in total. The van der Waals surface area contributed by atoms with Gasteiger partial charge in [0.1, 0.15) is 0 Å². The number of ether oxygens (including phenoxy) is 3. The molecule has 23 heavy (non-hydrogen) atoms. The molecular weight excluding hydrogens is 324 g/mol. The lowest BCUT2D eigenvalue weighted by Crippen LogP contribution is -2.66. The molecule has 132 valence electrons. The van der Waals surface area contributed by atoms with Gasteiger partial charge in [0.15, 0.2) is 0 Å². The molecule has 1 atom stereocenters. The molecule has 9 nitrogen and oxygen atoms in total. The van der Waals surface area contributed by atoms with Crippen molar-refractivity contribution in [2.45, 2.75) is 19.0 Å². The first-order valence-electron chi connectivity index (χ1n) is 7.64. The monoisotopic (exact) mass is 348 g/mol. The molecule has 1 unspecified atom stereocenters. The van der Waals surface area contributed by atoms with Crippen molar-refractivity contribution >= 4 is 23.9 Å². The summed E-state index contributed by atoms with van der Waals surface area (Å²) in [4.78, 5) is 26.8. The Morgan fingerprint density at radius 3 is 2.35 bits per heavy atom. The van der Waals surface area contributed by atoms with Gasteiger partial charge < -0.3 is 14.2 Å². The second-order valence-corrected chi connectivity index (χ2v) is 5.83. The van der Waals surface area contributed by atoms with Crippen molar-refractivity contribution in [1.82, 2.24) is 20.2 Å². The number of hydrogen-bond donors (Lipinski definition) is 1. The van der Waals surface area contributed by atoms with E-state index in [1.807, 2.05) is 6.26 Å². The summed E-state index contributed by atoms with van der Waals surface area (Å²) in [5.74, 6) is 0. The number of amides is 2. The molecule has 0 bridgehead atoms. The molecule has 0 aliphatic carbocycles. The van der Waals surface area contributed by atoms with Gasteiger partial charge in [0.05, 0.1) is 33.1 Å². The largest absolute Gasteiger partial charge is 0.448 e. The van der Waals surface area contributed by atoms with E-state index in [4.69, 9.17) is 14.2 Å². The van der Waals surface area contributed by atoms with Crippen molar-refractivity contribution in [1.29, 1.82) is 0 Å². The van der Waals surface area contributed by atoms with Gasteiger partial charge in [-0.15, -0.1) is 11.8 Å². The number of hydrogen-bond acceptors (Lipinski definition) is 8. The van der Waals surface area contributed by atoms with E-state index in [1.54, 1.807) is 13.8 Å². The van der Waals surface area contributed by atoms with E-state index in [9.17, 15) is 9.59 Å². The molecule has 2 amide bonds. The van der Waals surface area contributed by atoms with Gasteiger partial charge in [-0.3, -0.25) is 10.2 Å². The summed E-state index contributed by atoms with van der Waals surface area (Å²) in [5.41, 5.74) is 0. The van der Waals surface area contributed by atoms with Crippen LogP contribution in [0.15, 0.2) is 0 Å². The summed E-state index contributed by atoms with van der Waals surface area (Å²) in [7, 11) is 0. The zero-order valence-corrected chi connectivity index (χ0v) is 14.6. The van der Waals surface area contributed by atoms with E-state index in [2.05, 4.69) is 10.2 Å². The lowest BCUT2D eigenvalue weighted by molar-refractivity contribution is -0.0863. The highest BCUT2D eigenvalue weighted by Crippen LogP contribution is 2.35. The Bertz CT molecular complexity index is 435. The average molecular weight is 348 g/mol. The van der Waals surface area contributed by atoms with Crippen LogP contribution in [0.25, 0.3) is 0 Å². The second-order valence-electron chi connectivity index (χ2n) is 4.86. The number of morpholine rings is 1. The maximum absolute atomic E-state index is 12.5. The highest BCUT2D eigenvalue weighted by molar-refractivity contribution is 7.99. The number of carbonyl (C=O) groups is 2. The second kappa shape index (κ2) is 8.04.